The highest BCUT2D eigenvalue weighted by Gasteiger charge is 2.10. The second-order valence-corrected chi connectivity index (χ2v) is 5.52. The molecule has 0 radical (unpaired) electrons. The van der Waals surface area contributed by atoms with Crippen molar-refractivity contribution < 1.29 is 9.53 Å². The van der Waals surface area contributed by atoms with Gasteiger partial charge in [-0.25, -0.2) is 0 Å². The number of esters is 1. The summed E-state index contributed by atoms with van der Waals surface area (Å²) < 4.78 is 4.99. The smallest absolute Gasteiger partial charge is 0.306 e. The molecule has 0 bridgehead atoms. The van der Waals surface area contributed by atoms with Crippen LogP contribution in [0.5, 0.6) is 0 Å². The second kappa shape index (κ2) is 8.70. The normalized spacial score (nSPS) is 10.8. The van der Waals surface area contributed by atoms with Gasteiger partial charge in [-0.3, -0.25) is 14.6 Å². The van der Waals surface area contributed by atoms with Crippen LogP contribution in [0.4, 0.5) is 0 Å². The molecule has 1 rings (SSSR count). The third-order valence-electron chi connectivity index (χ3n) is 2.26. The lowest BCUT2D eigenvalue weighted by molar-refractivity contribution is -0.147. The van der Waals surface area contributed by atoms with E-state index in [0.29, 0.717) is 11.7 Å². The van der Waals surface area contributed by atoms with Crippen LogP contribution in [-0.2, 0) is 16.0 Å². The molecular formula is C12H20N4O3S. The number of nitrogens with two attached hydrogens (primary N) is 1. The first kappa shape index (κ1) is 16.6. The molecule has 0 aromatic carbocycles. The first-order chi connectivity index (χ1) is 9.52. The van der Waals surface area contributed by atoms with E-state index < -0.39 is 0 Å². The molecule has 0 fully saturated rings. The maximum absolute atomic E-state index is 11.8. The Bertz CT molecular complexity index is 490. The summed E-state index contributed by atoms with van der Waals surface area (Å²) in [6, 6.07) is 0. The average Bonchev–Trinajstić information content (AvgIpc) is 2.37. The number of nitrogens with one attached hydrogen (secondary N) is 1. The number of carbonyl (C=O) groups is 1. The number of rotatable bonds is 8. The van der Waals surface area contributed by atoms with Crippen molar-refractivity contribution >= 4 is 17.7 Å². The molecule has 3 N–H and O–H groups in total. The molecule has 0 atom stereocenters. The number of thioether (sulfide) groups is 1. The number of hydrogen-bond acceptors (Lipinski definition) is 7. The van der Waals surface area contributed by atoms with Gasteiger partial charge in [0.15, 0.2) is 5.16 Å². The van der Waals surface area contributed by atoms with Gasteiger partial charge in [-0.05, 0) is 26.8 Å². The highest BCUT2D eigenvalue weighted by Crippen LogP contribution is 2.10. The van der Waals surface area contributed by atoms with E-state index in [1.807, 2.05) is 0 Å². The van der Waals surface area contributed by atoms with Crippen LogP contribution in [0.25, 0.3) is 0 Å². The Labute approximate surface area is 121 Å². The van der Waals surface area contributed by atoms with Gasteiger partial charge in [0.2, 0.25) is 0 Å². The summed E-state index contributed by atoms with van der Waals surface area (Å²) in [5.41, 5.74) is 5.32. The molecule has 20 heavy (non-hydrogen) atoms. The van der Waals surface area contributed by atoms with E-state index in [2.05, 4.69) is 15.2 Å². The molecule has 0 amide bonds. The van der Waals surface area contributed by atoms with E-state index in [4.69, 9.17) is 10.5 Å². The number of nitrogens with zero attached hydrogens (tertiary/aromatic N) is 2. The molecule has 0 aliphatic carbocycles. The lowest BCUT2D eigenvalue weighted by Gasteiger charge is -2.07. The Morgan fingerprint density at radius 1 is 1.45 bits per heavy atom. The summed E-state index contributed by atoms with van der Waals surface area (Å²) in [7, 11) is 0. The Hall–Kier alpha value is -1.41. The number of aryl methyl sites for hydroxylation is 1. The average molecular weight is 300 g/mol. The van der Waals surface area contributed by atoms with Crippen LogP contribution in [-0.4, -0.2) is 39.6 Å². The van der Waals surface area contributed by atoms with Crippen molar-refractivity contribution in [3.05, 3.63) is 16.0 Å². The highest BCUT2D eigenvalue weighted by atomic mass is 32.2. The molecule has 7 nitrogen and oxygen atoms in total. The fraction of sp³-hybridized carbons (Fsp3) is 0.667. The van der Waals surface area contributed by atoms with Gasteiger partial charge >= 0.3 is 5.97 Å². The van der Waals surface area contributed by atoms with Crippen LogP contribution in [0.1, 0.15) is 32.4 Å². The van der Waals surface area contributed by atoms with Crippen LogP contribution in [0.15, 0.2) is 9.95 Å². The molecular weight excluding hydrogens is 280 g/mol. The van der Waals surface area contributed by atoms with Crippen LogP contribution in [0.3, 0.4) is 0 Å². The van der Waals surface area contributed by atoms with Gasteiger partial charge in [-0.15, -0.1) is 10.2 Å². The van der Waals surface area contributed by atoms with Crippen molar-refractivity contribution in [1.29, 1.82) is 0 Å². The van der Waals surface area contributed by atoms with E-state index in [1.54, 1.807) is 13.8 Å². The Kier molecular flexibility index (Phi) is 7.24. The predicted octanol–water partition coefficient (Wildman–Crippen LogP) is 0.490. The zero-order valence-corrected chi connectivity index (χ0v) is 12.5. The molecule has 0 saturated carbocycles. The van der Waals surface area contributed by atoms with Gasteiger partial charge in [-0.2, -0.15) is 0 Å². The van der Waals surface area contributed by atoms with Gasteiger partial charge in [0.25, 0.3) is 5.56 Å². The molecule has 8 heteroatoms. The van der Waals surface area contributed by atoms with Crippen LogP contribution < -0.4 is 11.3 Å². The van der Waals surface area contributed by atoms with Crippen molar-refractivity contribution in [2.24, 2.45) is 5.73 Å². The molecule has 1 heterocycles. The highest BCUT2D eigenvalue weighted by molar-refractivity contribution is 7.99. The van der Waals surface area contributed by atoms with E-state index in [0.717, 1.165) is 12.2 Å². The topological polar surface area (TPSA) is 111 Å². The Morgan fingerprint density at radius 2 is 2.20 bits per heavy atom. The van der Waals surface area contributed by atoms with Crippen molar-refractivity contribution in [2.45, 2.75) is 44.4 Å². The van der Waals surface area contributed by atoms with Crippen LogP contribution in [0, 0.1) is 0 Å². The molecule has 112 valence electrons. The minimum Gasteiger partial charge on any atom is -0.463 e. The number of aromatic nitrogens is 3. The first-order valence-electron chi connectivity index (χ1n) is 6.51. The molecule has 1 aromatic rings. The molecule has 0 aliphatic heterocycles. The monoisotopic (exact) mass is 300 g/mol. The van der Waals surface area contributed by atoms with E-state index in [9.17, 15) is 9.59 Å². The summed E-state index contributed by atoms with van der Waals surface area (Å²) in [5, 5.41) is 8.24. The molecule has 0 spiro atoms. The van der Waals surface area contributed by atoms with Crippen LogP contribution in [0.2, 0.25) is 0 Å². The summed E-state index contributed by atoms with van der Waals surface area (Å²) in [4.78, 5) is 25.8. The Balaban J connectivity index is 2.51. The standard InChI is InChI=1S/C12H20N4O3S/c1-8(2)19-10(17)5-4-9-11(18)14-12(16-15-9)20-7-3-6-13/h8H,3-7,13H2,1-2H3,(H,14,16,18). The lowest BCUT2D eigenvalue weighted by atomic mass is 10.2. The molecule has 0 aliphatic rings. The lowest BCUT2D eigenvalue weighted by Crippen LogP contribution is -2.20. The largest absolute Gasteiger partial charge is 0.463 e. The summed E-state index contributed by atoms with van der Waals surface area (Å²) in [5.74, 6) is 0.434. The fourth-order valence-corrected chi connectivity index (χ4v) is 2.14. The van der Waals surface area contributed by atoms with Crippen molar-refractivity contribution in [2.75, 3.05) is 12.3 Å². The molecule has 0 unspecified atom stereocenters. The van der Waals surface area contributed by atoms with Crippen molar-refractivity contribution in [3.63, 3.8) is 0 Å². The second-order valence-electron chi connectivity index (χ2n) is 4.44. The van der Waals surface area contributed by atoms with E-state index >= 15 is 0 Å². The summed E-state index contributed by atoms with van der Waals surface area (Å²) in [6.07, 6.45) is 1.03. The third kappa shape index (κ3) is 6.16. The van der Waals surface area contributed by atoms with Crippen molar-refractivity contribution in [1.82, 2.24) is 15.2 Å². The minimum atomic E-state index is -0.345. The van der Waals surface area contributed by atoms with Gasteiger partial charge in [0.1, 0.15) is 5.69 Å². The van der Waals surface area contributed by atoms with Gasteiger partial charge in [0, 0.05) is 12.2 Å². The van der Waals surface area contributed by atoms with Gasteiger partial charge in [-0.1, -0.05) is 11.8 Å². The number of carbonyl (C=O) groups excluding carboxylic acids is 1. The molecule has 0 saturated heterocycles. The van der Waals surface area contributed by atoms with E-state index in [1.165, 1.54) is 11.8 Å². The fourth-order valence-electron chi connectivity index (χ4n) is 1.37. The quantitative estimate of drug-likeness (QED) is 0.408. The first-order valence-corrected chi connectivity index (χ1v) is 7.49. The van der Waals surface area contributed by atoms with Crippen LogP contribution >= 0.6 is 11.8 Å². The van der Waals surface area contributed by atoms with Gasteiger partial charge < -0.3 is 10.5 Å². The number of H-pyrrole nitrogens is 1. The SMILES string of the molecule is CC(C)OC(=O)CCc1nnc(SCCCN)[nH]c1=O. The van der Waals surface area contributed by atoms with Gasteiger partial charge in [0.05, 0.1) is 12.5 Å². The number of ether oxygens (including phenoxy) is 1. The predicted molar refractivity (Wildman–Crippen MR) is 76.6 cm³/mol. The minimum absolute atomic E-state index is 0.121. The number of hydrogen-bond donors (Lipinski definition) is 2. The summed E-state index contributed by atoms with van der Waals surface area (Å²) >= 11 is 1.40. The van der Waals surface area contributed by atoms with Crippen molar-refractivity contribution in [3.8, 4) is 0 Å². The third-order valence-corrected chi connectivity index (χ3v) is 3.21. The summed E-state index contributed by atoms with van der Waals surface area (Å²) in [6.45, 7) is 4.15. The Morgan fingerprint density at radius 3 is 2.80 bits per heavy atom. The molecule has 1 aromatic heterocycles. The number of aromatic amines is 1. The maximum atomic E-state index is 11.8. The zero-order chi connectivity index (χ0) is 15.0. The zero-order valence-electron chi connectivity index (χ0n) is 11.7. The maximum Gasteiger partial charge on any atom is 0.306 e. The van der Waals surface area contributed by atoms with E-state index in [-0.39, 0.29) is 36.2 Å².